The highest BCUT2D eigenvalue weighted by molar-refractivity contribution is 14.1. The molecule has 13 heteroatoms. The van der Waals surface area contributed by atoms with Gasteiger partial charge in [0.05, 0.1) is 21.3 Å². The van der Waals surface area contributed by atoms with E-state index in [0.717, 1.165) is 12.1 Å². The Labute approximate surface area is 199 Å². The van der Waals surface area contributed by atoms with E-state index in [-0.39, 0.29) is 35.1 Å². The number of anilines is 1. The number of nitrogens with one attached hydrogen (secondary N) is 1. The van der Waals surface area contributed by atoms with Gasteiger partial charge in [-0.3, -0.25) is 29.8 Å². The van der Waals surface area contributed by atoms with Crippen molar-refractivity contribution in [3.63, 3.8) is 0 Å². The number of primary amides is 1. The lowest BCUT2D eigenvalue weighted by atomic mass is 10.1. The molecule has 2 aromatic rings. The quantitative estimate of drug-likeness (QED) is 0.168. The van der Waals surface area contributed by atoms with E-state index >= 15 is 0 Å². The maximum Gasteiger partial charge on any atom is 0.335 e. The van der Waals surface area contributed by atoms with Crippen LogP contribution in [0.4, 0.5) is 16.2 Å². The minimum Gasteiger partial charge on any atom is -0.493 e. The fourth-order valence-electron chi connectivity index (χ4n) is 2.89. The molecule has 1 saturated heterocycles. The summed E-state index contributed by atoms with van der Waals surface area (Å²) in [6.07, 6.45) is 1.26. The summed E-state index contributed by atoms with van der Waals surface area (Å²) in [5.74, 6) is -2.03. The van der Waals surface area contributed by atoms with E-state index in [1.54, 1.807) is 6.07 Å². The summed E-state index contributed by atoms with van der Waals surface area (Å²) in [5.41, 5.74) is 4.94. The Kier molecular flexibility index (Phi) is 6.91. The largest absolute Gasteiger partial charge is 0.493 e. The number of carbonyl (C=O) groups excluding carboxylic acids is 4. The van der Waals surface area contributed by atoms with E-state index in [4.69, 9.17) is 15.2 Å². The summed E-state index contributed by atoms with van der Waals surface area (Å²) in [6, 6.07) is 6.76. The molecule has 3 N–H and O–H groups in total. The van der Waals surface area contributed by atoms with Crippen LogP contribution in [0.5, 0.6) is 11.5 Å². The van der Waals surface area contributed by atoms with Gasteiger partial charge in [0.25, 0.3) is 23.4 Å². The average Bonchev–Trinajstić information content (AvgIpc) is 2.75. The zero-order valence-corrected chi connectivity index (χ0v) is 19.0. The summed E-state index contributed by atoms with van der Waals surface area (Å²) >= 11 is 1.92. The number of barbiturate groups is 1. The average molecular weight is 566 g/mol. The van der Waals surface area contributed by atoms with Crippen molar-refractivity contribution < 1.29 is 33.6 Å². The van der Waals surface area contributed by atoms with Gasteiger partial charge in [0.15, 0.2) is 18.1 Å². The van der Waals surface area contributed by atoms with Crippen LogP contribution < -0.4 is 25.4 Å². The number of halogens is 1. The van der Waals surface area contributed by atoms with Crippen molar-refractivity contribution in [3.8, 4) is 11.5 Å². The van der Waals surface area contributed by atoms with Crippen LogP contribution in [0, 0.1) is 13.7 Å². The molecule has 0 atom stereocenters. The molecule has 1 aliphatic heterocycles. The van der Waals surface area contributed by atoms with Crippen molar-refractivity contribution in [1.82, 2.24) is 5.32 Å². The highest BCUT2D eigenvalue weighted by Crippen LogP contribution is 2.35. The normalized spacial score (nSPS) is 14.8. The van der Waals surface area contributed by atoms with E-state index in [1.165, 1.54) is 31.4 Å². The number of carbonyl (C=O) groups is 4. The lowest BCUT2D eigenvalue weighted by Crippen LogP contribution is -2.54. The molecule has 5 amide bonds. The summed E-state index contributed by atoms with van der Waals surface area (Å²) in [4.78, 5) is 59.6. The standard InChI is InChI=1S/C20H15IN4O8/c1-32-15-8-10(7-14(21)17(15)33-9-16(22)26)6-13-18(27)23-20(29)24(19(13)28)11-2-4-12(5-3-11)25(30)31/h2-8H,9H2,1H3,(H2,22,26)(H,23,27,29)/b13-6+. The molecule has 0 bridgehead atoms. The topological polar surface area (TPSA) is 171 Å². The number of methoxy groups -OCH3 is 1. The van der Waals surface area contributed by atoms with Crippen molar-refractivity contribution in [2.24, 2.45) is 5.73 Å². The van der Waals surface area contributed by atoms with Gasteiger partial charge in [0.2, 0.25) is 0 Å². The molecule has 0 saturated carbocycles. The van der Waals surface area contributed by atoms with Crippen LogP contribution in [0.25, 0.3) is 6.08 Å². The first kappa shape index (κ1) is 23.6. The SMILES string of the molecule is COc1cc(/C=C2\C(=O)NC(=O)N(c3ccc([N+](=O)[O-])cc3)C2=O)cc(I)c1OCC(N)=O. The fourth-order valence-corrected chi connectivity index (χ4v) is 3.67. The first-order chi connectivity index (χ1) is 15.6. The Morgan fingerprint density at radius 2 is 1.91 bits per heavy atom. The number of nitrogens with two attached hydrogens (primary N) is 1. The predicted octanol–water partition coefficient (Wildman–Crippen LogP) is 1.74. The highest BCUT2D eigenvalue weighted by atomic mass is 127. The van der Waals surface area contributed by atoms with Gasteiger partial charge in [-0.15, -0.1) is 0 Å². The zero-order valence-electron chi connectivity index (χ0n) is 16.9. The second-order valence-corrected chi connectivity index (χ2v) is 7.68. The van der Waals surface area contributed by atoms with Crippen LogP contribution >= 0.6 is 22.6 Å². The van der Waals surface area contributed by atoms with Gasteiger partial charge in [-0.25, -0.2) is 9.69 Å². The predicted molar refractivity (Wildman–Crippen MR) is 122 cm³/mol. The second kappa shape index (κ2) is 9.64. The third kappa shape index (κ3) is 5.08. The molecule has 0 aliphatic carbocycles. The maximum absolute atomic E-state index is 13.0. The summed E-state index contributed by atoms with van der Waals surface area (Å²) in [5, 5.41) is 12.9. The number of amides is 5. The lowest BCUT2D eigenvalue weighted by Gasteiger charge is -2.26. The molecule has 33 heavy (non-hydrogen) atoms. The Morgan fingerprint density at radius 3 is 2.48 bits per heavy atom. The summed E-state index contributed by atoms with van der Waals surface area (Å²) in [6.45, 7) is -0.375. The third-order valence-corrected chi connectivity index (χ3v) is 5.14. The molecule has 3 rings (SSSR count). The second-order valence-electron chi connectivity index (χ2n) is 6.52. The van der Waals surface area contributed by atoms with Gasteiger partial charge in [0, 0.05) is 12.1 Å². The molecule has 0 spiro atoms. The fraction of sp³-hybridized carbons (Fsp3) is 0.100. The van der Waals surface area contributed by atoms with E-state index < -0.39 is 28.7 Å². The van der Waals surface area contributed by atoms with Crippen molar-refractivity contribution in [1.29, 1.82) is 0 Å². The highest BCUT2D eigenvalue weighted by Gasteiger charge is 2.37. The number of non-ortho nitro benzene ring substituents is 1. The molecule has 0 unspecified atom stereocenters. The van der Waals surface area contributed by atoms with Gasteiger partial charge < -0.3 is 15.2 Å². The third-order valence-electron chi connectivity index (χ3n) is 4.34. The Morgan fingerprint density at radius 1 is 1.24 bits per heavy atom. The van der Waals surface area contributed by atoms with Gasteiger partial charge in [0.1, 0.15) is 5.57 Å². The van der Waals surface area contributed by atoms with Crippen LogP contribution in [0.3, 0.4) is 0 Å². The number of rotatable bonds is 7. The summed E-state index contributed by atoms with van der Waals surface area (Å²) < 4.78 is 11.1. The molecular formula is C20H15IN4O8. The molecular weight excluding hydrogens is 551 g/mol. The van der Waals surface area contributed by atoms with Crippen molar-refractivity contribution >= 4 is 63.8 Å². The van der Waals surface area contributed by atoms with Gasteiger partial charge >= 0.3 is 6.03 Å². The van der Waals surface area contributed by atoms with Crippen LogP contribution in [-0.2, 0) is 14.4 Å². The van der Waals surface area contributed by atoms with Crippen molar-refractivity contribution in [2.75, 3.05) is 18.6 Å². The van der Waals surface area contributed by atoms with Crippen molar-refractivity contribution in [2.45, 2.75) is 0 Å². The van der Waals surface area contributed by atoms with E-state index in [9.17, 15) is 29.3 Å². The number of nitro groups is 1. The first-order valence-corrected chi connectivity index (χ1v) is 10.1. The molecule has 2 aromatic carbocycles. The molecule has 12 nitrogen and oxygen atoms in total. The lowest BCUT2D eigenvalue weighted by molar-refractivity contribution is -0.384. The Balaban J connectivity index is 1.98. The number of benzene rings is 2. The number of nitro benzene ring substituents is 1. The van der Waals surface area contributed by atoms with Gasteiger partial charge in [-0.05, 0) is 58.5 Å². The number of urea groups is 1. The molecule has 1 aliphatic rings. The van der Waals surface area contributed by atoms with Crippen molar-refractivity contribution in [3.05, 3.63) is 61.2 Å². The maximum atomic E-state index is 13.0. The first-order valence-electron chi connectivity index (χ1n) is 9.07. The van der Waals surface area contributed by atoms with Crippen LogP contribution in [0.2, 0.25) is 0 Å². The monoisotopic (exact) mass is 566 g/mol. The molecule has 170 valence electrons. The minimum absolute atomic E-state index is 0.0452. The number of nitrogens with zero attached hydrogens (tertiary/aromatic N) is 2. The van der Waals surface area contributed by atoms with Gasteiger partial charge in [-0.1, -0.05) is 0 Å². The zero-order chi connectivity index (χ0) is 24.3. The van der Waals surface area contributed by atoms with E-state index in [0.29, 0.717) is 14.0 Å². The minimum atomic E-state index is -0.988. The molecule has 0 radical (unpaired) electrons. The van der Waals surface area contributed by atoms with Crippen LogP contribution in [-0.4, -0.2) is 42.4 Å². The van der Waals surface area contributed by atoms with Crippen LogP contribution in [0.1, 0.15) is 5.56 Å². The summed E-state index contributed by atoms with van der Waals surface area (Å²) in [7, 11) is 1.37. The smallest absolute Gasteiger partial charge is 0.335 e. The molecule has 1 heterocycles. The number of ether oxygens (including phenoxy) is 2. The van der Waals surface area contributed by atoms with Crippen LogP contribution in [0.15, 0.2) is 42.0 Å². The number of imide groups is 2. The Bertz CT molecular complexity index is 1210. The molecule has 1 fully saturated rings. The number of hydrogen-bond donors (Lipinski definition) is 2. The van der Waals surface area contributed by atoms with E-state index in [2.05, 4.69) is 5.32 Å². The van der Waals surface area contributed by atoms with Gasteiger partial charge in [-0.2, -0.15) is 0 Å². The molecule has 0 aromatic heterocycles. The van der Waals surface area contributed by atoms with E-state index in [1.807, 2.05) is 22.6 Å². The Hall–Kier alpha value is -4.01. The number of hydrogen-bond acceptors (Lipinski definition) is 8.